The predicted molar refractivity (Wildman–Crippen MR) is 104 cm³/mol. The molecule has 0 bridgehead atoms. The molecule has 1 aliphatic rings. The van der Waals surface area contributed by atoms with Gasteiger partial charge in [-0.2, -0.15) is 0 Å². The zero-order valence-corrected chi connectivity index (χ0v) is 15.0. The van der Waals surface area contributed by atoms with E-state index in [0.717, 1.165) is 18.8 Å². The maximum Gasteiger partial charge on any atom is 0.274 e. The monoisotopic (exact) mass is 352 g/mol. The fourth-order valence-corrected chi connectivity index (χ4v) is 3.10. The number of anilines is 3. The predicted octanol–water partition coefficient (Wildman–Crippen LogP) is 3.67. The van der Waals surface area contributed by atoms with Gasteiger partial charge >= 0.3 is 0 Å². The van der Waals surface area contributed by atoms with Crippen molar-refractivity contribution in [2.75, 3.05) is 28.6 Å². The molecule has 0 spiro atoms. The lowest BCUT2D eigenvalue weighted by molar-refractivity contribution is -0.114. The van der Waals surface area contributed by atoms with Crippen molar-refractivity contribution in [3.63, 3.8) is 0 Å². The lowest BCUT2D eigenvalue weighted by Gasteiger charge is -2.22. The van der Waals surface area contributed by atoms with Crippen molar-refractivity contribution in [2.24, 2.45) is 0 Å². The van der Waals surface area contributed by atoms with Crippen molar-refractivity contribution in [3.8, 4) is 0 Å². The Morgan fingerprint density at radius 2 is 1.54 bits per heavy atom. The van der Waals surface area contributed by atoms with E-state index < -0.39 is 0 Å². The van der Waals surface area contributed by atoms with Crippen LogP contribution in [0.5, 0.6) is 0 Å². The Bertz CT molecular complexity index is 766. The molecule has 136 valence electrons. The van der Waals surface area contributed by atoms with Crippen LogP contribution in [0.3, 0.4) is 0 Å². The van der Waals surface area contributed by atoms with Gasteiger partial charge in [0.05, 0.1) is 0 Å². The number of pyridine rings is 1. The van der Waals surface area contributed by atoms with Gasteiger partial charge in [-0.3, -0.25) is 14.6 Å². The standard InChI is InChI=1S/C20H24N4O2/c1-15(25)22-16-6-8-17(9-7-16)23-20(26)19-14-18(10-11-21-19)24-12-4-2-3-5-13-24/h6-11,14H,2-5,12-13H2,1H3,(H,22,25)(H,23,26). The second-order valence-electron chi connectivity index (χ2n) is 6.51. The first-order valence-corrected chi connectivity index (χ1v) is 9.02. The first kappa shape index (κ1) is 17.9. The average Bonchev–Trinajstić information content (AvgIpc) is 2.92. The van der Waals surface area contributed by atoms with E-state index in [1.54, 1.807) is 30.5 Å². The molecule has 2 aromatic rings. The number of hydrogen-bond donors (Lipinski definition) is 2. The topological polar surface area (TPSA) is 74.3 Å². The van der Waals surface area contributed by atoms with Crippen LogP contribution >= 0.6 is 0 Å². The lowest BCUT2D eigenvalue weighted by atomic mass is 10.2. The second kappa shape index (κ2) is 8.47. The summed E-state index contributed by atoms with van der Waals surface area (Å²) >= 11 is 0. The summed E-state index contributed by atoms with van der Waals surface area (Å²) in [7, 11) is 0. The molecule has 0 unspecified atom stereocenters. The average molecular weight is 352 g/mol. The van der Waals surface area contributed by atoms with Gasteiger partial charge in [-0.15, -0.1) is 0 Å². The van der Waals surface area contributed by atoms with Gasteiger partial charge in [-0.25, -0.2) is 0 Å². The molecule has 0 saturated carbocycles. The summed E-state index contributed by atoms with van der Waals surface area (Å²) in [6.07, 6.45) is 6.59. The van der Waals surface area contributed by atoms with E-state index >= 15 is 0 Å². The van der Waals surface area contributed by atoms with Crippen molar-refractivity contribution in [1.29, 1.82) is 0 Å². The van der Waals surface area contributed by atoms with E-state index in [4.69, 9.17) is 0 Å². The van der Waals surface area contributed by atoms with Crippen molar-refractivity contribution in [3.05, 3.63) is 48.3 Å². The van der Waals surface area contributed by atoms with E-state index in [9.17, 15) is 9.59 Å². The Kier molecular flexibility index (Phi) is 5.84. The molecule has 1 aromatic heterocycles. The molecule has 1 aliphatic heterocycles. The Balaban J connectivity index is 1.67. The van der Waals surface area contributed by atoms with Crippen LogP contribution in [0.4, 0.5) is 17.1 Å². The summed E-state index contributed by atoms with van der Waals surface area (Å²) in [6, 6.07) is 10.8. The Morgan fingerprint density at radius 1 is 0.923 bits per heavy atom. The summed E-state index contributed by atoms with van der Waals surface area (Å²) in [6.45, 7) is 3.50. The highest BCUT2D eigenvalue weighted by Crippen LogP contribution is 2.20. The number of hydrogen-bond acceptors (Lipinski definition) is 4. The second-order valence-corrected chi connectivity index (χ2v) is 6.51. The Labute approximate surface area is 153 Å². The fourth-order valence-electron chi connectivity index (χ4n) is 3.10. The zero-order valence-electron chi connectivity index (χ0n) is 15.0. The van der Waals surface area contributed by atoms with Gasteiger partial charge in [0.25, 0.3) is 5.91 Å². The first-order chi connectivity index (χ1) is 12.6. The molecule has 2 amide bonds. The summed E-state index contributed by atoms with van der Waals surface area (Å²) < 4.78 is 0. The van der Waals surface area contributed by atoms with E-state index in [2.05, 4.69) is 20.5 Å². The van der Waals surface area contributed by atoms with Gasteiger partial charge in [0.2, 0.25) is 5.91 Å². The van der Waals surface area contributed by atoms with E-state index in [0.29, 0.717) is 17.1 Å². The largest absolute Gasteiger partial charge is 0.371 e. The third kappa shape index (κ3) is 4.81. The molecule has 1 saturated heterocycles. The summed E-state index contributed by atoms with van der Waals surface area (Å²) in [5.74, 6) is -0.370. The van der Waals surface area contributed by atoms with Crippen LogP contribution in [-0.4, -0.2) is 29.9 Å². The van der Waals surface area contributed by atoms with Crippen LogP contribution in [0.1, 0.15) is 43.1 Å². The van der Waals surface area contributed by atoms with Crippen LogP contribution in [-0.2, 0) is 4.79 Å². The summed E-state index contributed by atoms with van der Waals surface area (Å²) in [4.78, 5) is 30.1. The number of nitrogens with zero attached hydrogens (tertiary/aromatic N) is 2. The smallest absolute Gasteiger partial charge is 0.274 e. The molecule has 1 fully saturated rings. The number of nitrogens with one attached hydrogen (secondary N) is 2. The summed E-state index contributed by atoms with van der Waals surface area (Å²) in [5.41, 5.74) is 2.80. The van der Waals surface area contributed by atoms with Gasteiger partial charge in [0, 0.05) is 43.3 Å². The normalized spacial score (nSPS) is 14.4. The maximum atomic E-state index is 12.5. The molecule has 0 radical (unpaired) electrons. The number of benzene rings is 1. The van der Waals surface area contributed by atoms with E-state index in [1.165, 1.54) is 32.6 Å². The van der Waals surface area contributed by atoms with Gasteiger partial charge in [-0.05, 0) is 49.2 Å². The molecular weight excluding hydrogens is 328 g/mol. The molecule has 1 aromatic carbocycles. The third-order valence-corrected chi connectivity index (χ3v) is 4.41. The molecular formula is C20H24N4O2. The van der Waals surface area contributed by atoms with Gasteiger partial charge in [0.15, 0.2) is 0 Å². The van der Waals surface area contributed by atoms with E-state index in [-0.39, 0.29) is 11.8 Å². The molecule has 3 rings (SSSR count). The minimum atomic E-state index is -0.242. The molecule has 2 heterocycles. The van der Waals surface area contributed by atoms with Crippen molar-refractivity contribution >= 4 is 28.9 Å². The highest BCUT2D eigenvalue weighted by molar-refractivity contribution is 6.03. The molecule has 26 heavy (non-hydrogen) atoms. The quantitative estimate of drug-likeness (QED) is 0.880. The highest BCUT2D eigenvalue weighted by Gasteiger charge is 2.13. The minimum Gasteiger partial charge on any atom is -0.371 e. The Morgan fingerprint density at radius 3 is 2.15 bits per heavy atom. The fraction of sp³-hybridized carbons (Fsp3) is 0.350. The molecule has 6 nitrogen and oxygen atoms in total. The molecule has 0 aliphatic carbocycles. The lowest BCUT2D eigenvalue weighted by Crippen LogP contribution is -2.24. The maximum absolute atomic E-state index is 12.5. The first-order valence-electron chi connectivity index (χ1n) is 9.02. The number of aromatic nitrogens is 1. The van der Waals surface area contributed by atoms with Gasteiger partial charge in [-0.1, -0.05) is 12.8 Å². The van der Waals surface area contributed by atoms with Crippen molar-refractivity contribution < 1.29 is 9.59 Å². The Hall–Kier alpha value is -2.89. The van der Waals surface area contributed by atoms with Crippen molar-refractivity contribution in [2.45, 2.75) is 32.6 Å². The van der Waals surface area contributed by atoms with Gasteiger partial charge in [0.1, 0.15) is 5.69 Å². The SMILES string of the molecule is CC(=O)Nc1ccc(NC(=O)c2cc(N3CCCCCC3)ccn2)cc1. The van der Waals surface area contributed by atoms with Crippen LogP contribution in [0, 0.1) is 0 Å². The molecule has 6 heteroatoms. The van der Waals surface area contributed by atoms with Crippen LogP contribution in [0.2, 0.25) is 0 Å². The molecule has 0 atom stereocenters. The zero-order chi connectivity index (χ0) is 18.4. The third-order valence-electron chi connectivity index (χ3n) is 4.41. The van der Waals surface area contributed by atoms with Crippen LogP contribution in [0.25, 0.3) is 0 Å². The van der Waals surface area contributed by atoms with Gasteiger partial charge < -0.3 is 15.5 Å². The minimum absolute atomic E-state index is 0.128. The number of carbonyl (C=O) groups excluding carboxylic acids is 2. The number of carbonyl (C=O) groups is 2. The number of rotatable bonds is 4. The van der Waals surface area contributed by atoms with Crippen LogP contribution < -0.4 is 15.5 Å². The highest BCUT2D eigenvalue weighted by atomic mass is 16.2. The van der Waals surface area contributed by atoms with Crippen LogP contribution in [0.15, 0.2) is 42.6 Å². The summed E-state index contributed by atoms with van der Waals surface area (Å²) in [5, 5.41) is 5.54. The van der Waals surface area contributed by atoms with Crippen molar-refractivity contribution in [1.82, 2.24) is 4.98 Å². The number of amides is 2. The molecule has 2 N–H and O–H groups in total. The van der Waals surface area contributed by atoms with E-state index in [1.807, 2.05) is 12.1 Å².